The van der Waals surface area contributed by atoms with Crippen LogP contribution in [0.3, 0.4) is 0 Å². The van der Waals surface area contributed by atoms with Gasteiger partial charge in [0, 0.05) is 0 Å². The third-order valence-corrected chi connectivity index (χ3v) is 5.38. The van der Waals surface area contributed by atoms with Crippen molar-refractivity contribution in [3.8, 4) is 0 Å². The van der Waals surface area contributed by atoms with Gasteiger partial charge in [-0.2, -0.15) is 0 Å². The third-order valence-electron chi connectivity index (χ3n) is 2.54. The number of fused-ring (bicyclic) bond motifs is 1. The summed E-state index contributed by atoms with van der Waals surface area (Å²) in [7, 11) is 0. The van der Waals surface area contributed by atoms with Crippen LogP contribution in [0.5, 0.6) is 0 Å². The van der Waals surface area contributed by atoms with Crippen LogP contribution < -0.4 is 4.87 Å². The second kappa shape index (κ2) is 5.58. The molecule has 0 aliphatic heterocycles. The summed E-state index contributed by atoms with van der Waals surface area (Å²) in [4.78, 5) is 4.79. The predicted molar refractivity (Wildman–Crippen MR) is 85.8 cm³/mol. The van der Waals surface area contributed by atoms with E-state index in [1.165, 1.54) is 11.3 Å². The zero-order valence-electron chi connectivity index (χ0n) is 9.66. The highest BCUT2D eigenvalue weighted by Gasteiger charge is 2.18. The molecule has 0 radical (unpaired) electrons. The molecule has 0 spiro atoms. The predicted octanol–water partition coefficient (Wildman–Crippen LogP) is 6.34. The van der Waals surface area contributed by atoms with Crippen LogP contribution in [0.2, 0.25) is 20.1 Å². The molecule has 2 nitrogen and oxygen atoms in total. The molecule has 0 aliphatic rings. The molecule has 3 aromatic rings. The van der Waals surface area contributed by atoms with Gasteiger partial charge in [-0.05, 0) is 12.1 Å². The van der Waals surface area contributed by atoms with Crippen LogP contribution in [0.1, 0.15) is 0 Å². The number of rotatable bonds is 1. The Kier molecular flexibility index (Phi) is 3.98. The lowest BCUT2D eigenvalue weighted by Gasteiger charge is -2.01. The van der Waals surface area contributed by atoms with E-state index in [1.807, 2.05) is 30.3 Å². The van der Waals surface area contributed by atoms with Gasteiger partial charge >= 0.3 is 0 Å². The van der Waals surface area contributed by atoms with Crippen LogP contribution in [0.25, 0.3) is 10.3 Å². The molecule has 1 heterocycles. The van der Waals surface area contributed by atoms with Gasteiger partial charge in [0.15, 0.2) is 5.58 Å². The Morgan fingerprint density at radius 2 is 1.50 bits per heavy atom. The average Bonchev–Trinajstić information content (AvgIpc) is 2.88. The number of hydrogen-bond acceptors (Lipinski definition) is 3. The van der Waals surface area contributed by atoms with Crippen molar-refractivity contribution in [2.24, 2.45) is 4.99 Å². The number of halogens is 4. The van der Waals surface area contributed by atoms with Crippen LogP contribution in [-0.2, 0) is 0 Å². The molecule has 0 saturated heterocycles. The number of benzene rings is 2. The summed E-state index contributed by atoms with van der Waals surface area (Å²) < 4.78 is 6.24. The first-order chi connectivity index (χ1) is 9.58. The molecule has 0 N–H and O–H groups in total. The van der Waals surface area contributed by atoms with Crippen molar-refractivity contribution in [3.05, 3.63) is 55.3 Å². The molecule has 0 bridgehead atoms. The second-order valence-corrected chi connectivity index (χ2v) is 6.31. The smallest absolute Gasteiger partial charge is 0.280 e. The Bertz CT molecular complexity index is 806. The van der Waals surface area contributed by atoms with Gasteiger partial charge < -0.3 is 4.42 Å². The van der Waals surface area contributed by atoms with Gasteiger partial charge in [-0.25, -0.2) is 4.99 Å². The topological polar surface area (TPSA) is 25.5 Å². The number of hydrogen-bond donors (Lipinski definition) is 0. The SMILES string of the molecule is Clc1c(Cl)c(Cl)c2sc(=Nc3ccccc3)oc2c1Cl. The van der Waals surface area contributed by atoms with Crippen molar-refractivity contribution in [3.63, 3.8) is 0 Å². The molecule has 0 saturated carbocycles. The Morgan fingerprint density at radius 1 is 0.850 bits per heavy atom. The first kappa shape index (κ1) is 14.2. The van der Waals surface area contributed by atoms with Crippen LogP contribution in [0.4, 0.5) is 5.69 Å². The third kappa shape index (κ3) is 2.45. The van der Waals surface area contributed by atoms with E-state index in [-0.39, 0.29) is 15.1 Å². The van der Waals surface area contributed by atoms with Gasteiger partial charge in [-0.15, -0.1) is 0 Å². The Balaban J connectivity index is 2.29. The van der Waals surface area contributed by atoms with Crippen LogP contribution >= 0.6 is 57.7 Å². The summed E-state index contributed by atoms with van der Waals surface area (Å²) in [6.07, 6.45) is 0. The maximum Gasteiger partial charge on any atom is 0.280 e. The Hall–Kier alpha value is -0.710. The van der Waals surface area contributed by atoms with Crippen molar-refractivity contribution in [2.45, 2.75) is 0 Å². The Labute approximate surface area is 138 Å². The van der Waals surface area contributed by atoms with E-state index in [9.17, 15) is 0 Å². The first-order valence-corrected chi connectivity index (χ1v) is 7.76. The van der Waals surface area contributed by atoms with Crippen molar-refractivity contribution in [2.75, 3.05) is 0 Å². The monoisotopic (exact) mass is 363 g/mol. The van der Waals surface area contributed by atoms with Crippen molar-refractivity contribution < 1.29 is 4.42 Å². The highest BCUT2D eigenvalue weighted by Crippen LogP contribution is 2.43. The fourth-order valence-electron chi connectivity index (χ4n) is 1.62. The minimum absolute atomic E-state index is 0.179. The van der Waals surface area contributed by atoms with Gasteiger partial charge in [0.2, 0.25) is 0 Å². The molecule has 102 valence electrons. The summed E-state index contributed by atoms with van der Waals surface area (Å²) >= 11 is 25.5. The fraction of sp³-hybridized carbons (Fsp3) is 0. The average molecular weight is 365 g/mol. The quantitative estimate of drug-likeness (QED) is 0.365. The number of para-hydroxylation sites is 1. The van der Waals surface area contributed by atoms with Gasteiger partial charge in [-0.1, -0.05) is 75.9 Å². The lowest BCUT2D eigenvalue weighted by molar-refractivity contribution is 0.570. The molecule has 0 fully saturated rings. The van der Waals surface area contributed by atoms with Gasteiger partial charge in [0.1, 0.15) is 5.02 Å². The van der Waals surface area contributed by atoms with Crippen LogP contribution in [-0.4, -0.2) is 0 Å². The summed E-state index contributed by atoms with van der Waals surface area (Å²) in [5.74, 6) is 0. The zero-order valence-corrected chi connectivity index (χ0v) is 13.5. The van der Waals surface area contributed by atoms with E-state index in [2.05, 4.69) is 4.99 Å². The van der Waals surface area contributed by atoms with E-state index >= 15 is 0 Å². The lowest BCUT2D eigenvalue weighted by atomic mass is 10.3. The number of nitrogens with zero attached hydrogens (tertiary/aromatic N) is 1. The molecular formula is C13H5Cl4NOS. The highest BCUT2D eigenvalue weighted by atomic mass is 35.5. The summed E-state index contributed by atoms with van der Waals surface area (Å²) in [6, 6.07) is 9.42. The molecule has 3 rings (SSSR count). The maximum absolute atomic E-state index is 6.15. The summed E-state index contributed by atoms with van der Waals surface area (Å²) in [5, 5.41) is 0.953. The van der Waals surface area contributed by atoms with E-state index in [1.54, 1.807) is 0 Å². The van der Waals surface area contributed by atoms with Gasteiger partial charge in [-0.3, -0.25) is 0 Å². The molecule has 0 unspecified atom stereocenters. The minimum Gasteiger partial charge on any atom is -0.428 e. The molecule has 0 atom stereocenters. The largest absolute Gasteiger partial charge is 0.428 e. The van der Waals surface area contributed by atoms with E-state index < -0.39 is 0 Å². The van der Waals surface area contributed by atoms with Gasteiger partial charge in [0.05, 0.1) is 25.5 Å². The normalized spacial score (nSPS) is 12.3. The van der Waals surface area contributed by atoms with E-state index in [4.69, 9.17) is 50.8 Å². The second-order valence-electron chi connectivity index (χ2n) is 3.83. The highest BCUT2D eigenvalue weighted by molar-refractivity contribution is 7.17. The van der Waals surface area contributed by atoms with Crippen molar-refractivity contribution >= 4 is 73.7 Å². The molecule has 2 aromatic carbocycles. The minimum atomic E-state index is 0.179. The summed E-state index contributed by atoms with van der Waals surface area (Å²) in [5.41, 5.74) is 1.16. The molecule has 0 amide bonds. The first-order valence-electron chi connectivity index (χ1n) is 5.43. The molecular weight excluding hydrogens is 360 g/mol. The molecule has 7 heteroatoms. The standard InChI is InChI=1S/C13H5Cl4NOS/c14-7-8(15)10(17)12-11(9(7)16)19-13(20-12)18-6-4-2-1-3-5-6/h1-5H. The van der Waals surface area contributed by atoms with Crippen molar-refractivity contribution in [1.29, 1.82) is 0 Å². The molecule has 0 aliphatic carbocycles. The maximum atomic E-state index is 6.15. The Morgan fingerprint density at radius 3 is 2.20 bits per heavy atom. The van der Waals surface area contributed by atoms with E-state index in [0.717, 1.165) is 5.69 Å². The molecule has 20 heavy (non-hydrogen) atoms. The fourth-order valence-corrected chi connectivity index (χ4v) is 3.60. The van der Waals surface area contributed by atoms with Crippen LogP contribution in [0.15, 0.2) is 39.7 Å². The van der Waals surface area contributed by atoms with Crippen LogP contribution in [0, 0.1) is 0 Å². The van der Waals surface area contributed by atoms with Gasteiger partial charge in [0.25, 0.3) is 4.87 Å². The summed E-state index contributed by atoms with van der Waals surface area (Å²) in [6.45, 7) is 0. The van der Waals surface area contributed by atoms with E-state index in [0.29, 0.717) is 20.2 Å². The zero-order chi connectivity index (χ0) is 14.3. The lowest BCUT2D eigenvalue weighted by Crippen LogP contribution is -1.87. The van der Waals surface area contributed by atoms with Crippen molar-refractivity contribution in [1.82, 2.24) is 0 Å². The molecule has 1 aromatic heterocycles.